The van der Waals surface area contributed by atoms with Crippen LogP contribution in [0.4, 0.5) is 5.69 Å². The maximum Gasteiger partial charge on any atom is 0.333 e. The summed E-state index contributed by atoms with van der Waals surface area (Å²) in [5.74, 6) is 0.424. The minimum atomic E-state index is -0.669. The number of nitriles is 1. The summed E-state index contributed by atoms with van der Waals surface area (Å²) in [5, 5.41) is 12.2. The molecule has 0 amide bonds. The summed E-state index contributed by atoms with van der Waals surface area (Å²) in [6.07, 6.45) is 2.16. The van der Waals surface area contributed by atoms with E-state index in [1.807, 2.05) is 25.1 Å². The number of carbonyl (C=O) groups excluding carboxylic acids is 1. The number of anilines is 1. The van der Waals surface area contributed by atoms with Crippen molar-refractivity contribution in [1.29, 1.82) is 5.26 Å². The van der Waals surface area contributed by atoms with Crippen molar-refractivity contribution < 1.29 is 14.3 Å². The number of aryl methyl sites for hydroxylation is 1. The van der Waals surface area contributed by atoms with Crippen molar-refractivity contribution in [3.05, 3.63) is 59.2 Å². The smallest absolute Gasteiger partial charge is 0.333 e. The Morgan fingerprint density at radius 1 is 1.23 bits per heavy atom. The van der Waals surface area contributed by atoms with Crippen LogP contribution in [0.1, 0.15) is 42.5 Å². The second-order valence-electron chi connectivity index (χ2n) is 7.72. The highest BCUT2D eigenvalue weighted by Gasteiger charge is 2.24. The summed E-state index contributed by atoms with van der Waals surface area (Å²) in [7, 11) is 2.12. The molecule has 1 unspecified atom stereocenters. The Balaban J connectivity index is 1.83. The van der Waals surface area contributed by atoms with Gasteiger partial charge in [0.1, 0.15) is 11.9 Å². The van der Waals surface area contributed by atoms with Crippen molar-refractivity contribution in [3.8, 4) is 11.8 Å². The minimum absolute atomic E-state index is 0.184. The van der Waals surface area contributed by atoms with Crippen LogP contribution in [-0.2, 0) is 9.53 Å². The van der Waals surface area contributed by atoms with Crippen LogP contribution in [0.25, 0.3) is 0 Å². The Morgan fingerprint density at radius 2 is 1.93 bits per heavy atom. The summed E-state index contributed by atoms with van der Waals surface area (Å²) in [6.45, 7) is 6.13. The minimum Gasteiger partial charge on any atom is -0.490 e. The van der Waals surface area contributed by atoms with E-state index in [9.17, 15) is 4.79 Å². The molecule has 0 spiro atoms. The maximum absolute atomic E-state index is 12.7. The van der Waals surface area contributed by atoms with Gasteiger partial charge in [-0.05, 0) is 81.3 Å². The number of likely N-dealkylation sites (tertiary alicyclic amines) is 1. The first-order chi connectivity index (χ1) is 14.5. The molecule has 1 aliphatic heterocycles. The van der Waals surface area contributed by atoms with Crippen molar-refractivity contribution in [2.75, 3.05) is 32.1 Å². The number of ether oxygens (including phenoxy) is 2. The Morgan fingerprint density at radius 3 is 2.57 bits per heavy atom. The molecule has 1 atom stereocenters. The third kappa shape index (κ3) is 5.74. The van der Waals surface area contributed by atoms with Crippen LogP contribution in [0, 0.1) is 18.3 Å². The molecule has 1 heterocycles. The predicted octanol–water partition coefficient (Wildman–Crippen LogP) is 4.06. The molecule has 1 saturated heterocycles. The molecule has 6 nitrogen and oxygen atoms in total. The molecular formula is C24H29N3O3. The van der Waals surface area contributed by atoms with Gasteiger partial charge in [0.25, 0.3) is 0 Å². The summed E-state index contributed by atoms with van der Waals surface area (Å²) in [4.78, 5) is 15.0. The quantitative estimate of drug-likeness (QED) is 0.698. The Hall–Kier alpha value is -3.04. The molecule has 1 fully saturated rings. The van der Waals surface area contributed by atoms with Gasteiger partial charge < -0.3 is 19.7 Å². The molecule has 158 valence electrons. The molecule has 6 heteroatoms. The molecule has 1 N–H and O–H groups in total. The molecule has 2 aromatic carbocycles. The van der Waals surface area contributed by atoms with E-state index in [4.69, 9.17) is 14.7 Å². The fraction of sp³-hybridized carbons (Fsp3) is 0.417. The average Bonchev–Trinajstić information content (AvgIpc) is 2.74. The van der Waals surface area contributed by atoms with Crippen molar-refractivity contribution in [1.82, 2.24) is 4.90 Å². The van der Waals surface area contributed by atoms with Crippen LogP contribution in [-0.4, -0.2) is 43.7 Å². The van der Waals surface area contributed by atoms with Crippen molar-refractivity contribution in [2.45, 2.75) is 38.8 Å². The van der Waals surface area contributed by atoms with Crippen LogP contribution in [0.2, 0.25) is 0 Å². The van der Waals surface area contributed by atoms with E-state index in [1.165, 1.54) is 0 Å². The zero-order chi connectivity index (χ0) is 21.5. The first kappa shape index (κ1) is 21.7. The van der Waals surface area contributed by atoms with Crippen LogP contribution in [0.5, 0.6) is 5.75 Å². The molecule has 0 bridgehead atoms. The second-order valence-corrected chi connectivity index (χ2v) is 7.72. The topological polar surface area (TPSA) is 74.6 Å². The summed E-state index contributed by atoms with van der Waals surface area (Å²) in [6, 6.07) is 14.3. The molecule has 2 aromatic rings. The van der Waals surface area contributed by atoms with E-state index < -0.39 is 6.04 Å². The van der Waals surface area contributed by atoms with E-state index in [1.54, 1.807) is 31.2 Å². The van der Waals surface area contributed by atoms with Gasteiger partial charge in [-0.3, -0.25) is 0 Å². The fourth-order valence-electron chi connectivity index (χ4n) is 3.62. The molecule has 30 heavy (non-hydrogen) atoms. The number of nitrogens with one attached hydrogen (secondary N) is 1. The van der Waals surface area contributed by atoms with E-state index in [-0.39, 0.29) is 12.1 Å². The fourth-order valence-corrected chi connectivity index (χ4v) is 3.62. The SMILES string of the molecule is CCOC(=O)C(Nc1ccc(C#N)cc1)c1cc(C)cc(OC2CCN(C)CC2)c1. The highest BCUT2D eigenvalue weighted by Crippen LogP contribution is 2.28. The van der Waals surface area contributed by atoms with Crippen LogP contribution in [0.15, 0.2) is 42.5 Å². The van der Waals surface area contributed by atoms with Crippen molar-refractivity contribution in [3.63, 3.8) is 0 Å². The molecule has 3 rings (SSSR count). The lowest BCUT2D eigenvalue weighted by molar-refractivity contribution is -0.144. The molecule has 0 saturated carbocycles. The second kappa shape index (κ2) is 10.1. The standard InChI is InChI=1S/C24H29N3O3/c1-4-29-24(28)23(26-20-7-5-18(16-25)6-8-20)19-13-17(2)14-22(15-19)30-21-9-11-27(3)12-10-21/h5-8,13-15,21,23,26H,4,9-12H2,1-3H3. The Bertz CT molecular complexity index is 897. The van der Waals surface area contributed by atoms with Gasteiger partial charge in [0, 0.05) is 18.8 Å². The molecule has 0 aliphatic carbocycles. The van der Waals surface area contributed by atoms with Crippen molar-refractivity contribution >= 4 is 11.7 Å². The predicted molar refractivity (Wildman–Crippen MR) is 116 cm³/mol. The van der Waals surface area contributed by atoms with E-state index in [0.29, 0.717) is 12.2 Å². The largest absolute Gasteiger partial charge is 0.490 e. The number of benzene rings is 2. The van der Waals surface area contributed by atoms with E-state index in [2.05, 4.69) is 23.3 Å². The van der Waals surface area contributed by atoms with Gasteiger partial charge in [-0.25, -0.2) is 4.79 Å². The average molecular weight is 408 g/mol. The van der Waals surface area contributed by atoms with Gasteiger partial charge in [0.2, 0.25) is 0 Å². The lowest BCUT2D eigenvalue weighted by atomic mass is 10.0. The number of hydrogen-bond acceptors (Lipinski definition) is 6. The first-order valence-corrected chi connectivity index (χ1v) is 10.4. The van der Waals surface area contributed by atoms with E-state index in [0.717, 1.165) is 48.5 Å². The maximum atomic E-state index is 12.7. The number of hydrogen-bond donors (Lipinski definition) is 1. The number of rotatable bonds is 7. The first-order valence-electron chi connectivity index (χ1n) is 10.4. The lowest BCUT2D eigenvalue weighted by Crippen LogP contribution is -2.35. The zero-order valence-electron chi connectivity index (χ0n) is 17.9. The van der Waals surface area contributed by atoms with Crippen LogP contribution < -0.4 is 10.1 Å². The van der Waals surface area contributed by atoms with Gasteiger partial charge in [-0.1, -0.05) is 6.07 Å². The monoisotopic (exact) mass is 407 g/mol. The Kier molecular flexibility index (Phi) is 7.31. The van der Waals surface area contributed by atoms with Gasteiger partial charge >= 0.3 is 5.97 Å². The molecule has 0 radical (unpaired) electrons. The highest BCUT2D eigenvalue weighted by atomic mass is 16.5. The van der Waals surface area contributed by atoms with Gasteiger partial charge in [-0.2, -0.15) is 5.26 Å². The number of carbonyl (C=O) groups is 1. The van der Waals surface area contributed by atoms with E-state index >= 15 is 0 Å². The van der Waals surface area contributed by atoms with Gasteiger partial charge in [-0.15, -0.1) is 0 Å². The van der Waals surface area contributed by atoms with Gasteiger partial charge in [0.15, 0.2) is 6.04 Å². The molecule has 0 aromatic heterocycles. The van der Waals surface area contributed by atoms with Gasteiger partial charge in [0.05, 0.1) is 18.2 Å². The van der Waals surface area contributed by atoms with Crippen LogP contribution >= 0.6 is 0 Å². The number of piperidine rings is 1. The molecular weight excluding hydrogens is 378 g/mol. The number of esters is 1. The molecule has 1 aliphatic rings. The highest BCUT2D eigenvalue weighted by molar-refractivity contribution is 5.81. The third-order valence-corrected chi connectivity index (χ3v) is 5.22. The third-order valence-electron chi connectivity index (χ3n) is 5.22. The van der Waals surface area contributed by atoms with Crippen LogP contribution in [0.3, 0.4) is 0 Å². The Labute approximate surface area is 178 Å². The lowest BCUT2D eigenvalue weighted by Gasteiger charge is -2.29. The summed E-state index contributed by atoms with van der Waals surface area (Å²) < 4.78 is 11.6. The normalized spacial score (nSPS) is 15.8. The number of nitrogens with zero attached hydrogens (tertiary/aromatic N) is 2. The summed E-state index contributed by atoms with van der Waals surface area (Å²) in [5.41, 5.74) is 3.12. The zero-order valence-corrected chi connectivity index (χ0v) is 17.9. The summed E-state index contributed by atoms with van der Waals surface area (Å²) >= 11 is 0. The van der Waals surface area contributed by atoms with Crippen molar-refractivity contribution in [2.24, 2.45) is 0 Å².